The van der Waals surface area contributed by atoms with Crippen molar-refractivity contribution in [1.82, 2.24) is 4.57 Å². The van der Waals surface area contributed by atoms with E-state index in [2.05, 4.69) is 11.1 Å². The topological polar surface area (TPSA) is 22.0 Å². The van der Waals surface area contributed by atoms with E-state index in [-0.39, 0.29) is 5.43 Å². The van der Waals surface area contributed by atoms with Gasteiger partial charge in [0, 0.05) is 11.9 Å². The largest absolute Gasteiger partial charge is 0.336 e. The lowest BCUT2D eigenvalue weighted by Crippen LogP contribution is -2.08. The van der Waals surface area contributed by atoms with Gasteiger partial charge in [-0.1, -0.05) is 18.2 Å². The van der Waals surface area contributed by atoms with Gasteiger partial charge in [-0.05, 0) is 23.6 Å². The van der Waals surface area contributed by atoms with Crippen molar-refractivity contribution in [1.29, 1.82) is 0 Å². The van der Waals surface area contributed by atoms with Crippen LogP contribution >= 0.6 is 11.3 Å². The average molecular weight is 241 g/mol. The molecule has 0 saturated carbocycles. The van der Waals surface area contributed by atoms with Crippen molar-refractivity contribution < 1.29 is 0 Å². The fourth-order valence-electron chi connectivity index (χ4n) is 2.16. The van der Waals surface area contributed by atoms with E-state index in [1.54, 1.807) is 0 Å². The summed E-state index contributed by atoms with van der Waals surface area (Å²) in [6, 6.07) is 9.73. The molecule has 0 aliphatic rings. The first-order chi connectivity index (χ1) is 8.33. The van der Waals surface area contributed by atoms with Crippen LogP contribution in [0.3, 0.4) is 0 Å². The quantitative estimate of drug-likeness (QED) is 0.630. The van der Waals surface area contributed by atoms with E-state index in [4.69, 9.17) is 0 Å². The normalized spacial score (nSPS) is 11.1. The van der Waals surface area contributed by atoms with Crippen LogP contribution in [0.4, 0.5) is 0 Å². The highest BCUT2D eigenvalue weighted by Gasteiger charge is 2.09. The number of pyridine rings is 1. The second-order valence-electron chi connectivity index (χ2n) is 3.88. The molecule has 0 unspecified atom stereocenters. The van der Waals surface area contributed by atoms with Gasteiger partial charge in [-0.15, -0.1) is 17.9 Å². The highest BCUT2D eigenvalue weighted by Crippen LogP contribution is 2.22. The van der Waals surface area contributed by atoms with Gasteiger partial charge in [-0.25, -0.2) is 0 Å². The predicted octanol–water partition coefficient (Wildman–Crippen LogP) is 3.40. The molecule has 2 nitrogen and oxygen atoms in total. The number of benzene rings is 1. The second-order valence-corrected chi connectivity index (χ2v) is 4.80. The third kappa shape index (κ3) is 1.43. The van der Waals surface area contributed by atoms with E-state index < -0.39 is 0 Å². The minimum absolute atomic E-state index is 0.130. The Morgan fingerprint density at radius 2 is 2.06 bits per heavy atom. The number of aromatic nitrogens is 1. The van der Waals surface area contributed by atoms with E-state index in [9.17, 15) is 4.79 Å². The van der Waals surface area contributed by atoms with E-state index in [0.29, 0.717) is 6.54 Å². The molecule has 1 aromatic carbocycles. The second kappa shape index (κ2) is 3.86. The van der Waals surface area contributed by atoms with Crippen LogP contribution in [-0.4, -0.2) is 4.57 Å². The molecular weight excluding hydrogens is 230 g/mol. The molecule has 0 fully saturated rings. The van der Waals surface area contributed by atoms with Gasteiger partial charge in [-0.2, -0.15) is 0 Å². The molecule has 0 aliphatic heterocycles. The summed E-state index contributed by atoms with van der Waals surface area (Å²) in [5.41, 5.74) is 2.10. The Hall–Kier alpha value is -1.87. The minimum atomic E-state index is 0.130. The molecule has 0 aliphatic carbocycles. The number of para-hydroxylation sites is 1. The zero-order valence-corrected chi connectivity index (χ0v) is 10.0. The number of hydrogen-bond acceptors (Lipinski definition) is 2. The molecule has 0 atom stereocenters. The molecule has 2 heterocycles. The van der Waals surface area contributed by atoms with Crippen LogP contribution < -0.4 is 5.43 Å². The number of rotatable bonds is 2. The van der Waals surface area contributed by atoms with Crippen LogP contribution in [0, 0.1) is 0 Å². The summed E-state index contributed by atoms with van der Waals surface area (Å²) in [4.78, 5) is 12.3. The summed E-state index contributed by atoms with van der Waals surface area (Å²) in [6.07, 6.45) is 1.86. The van der Waals surface area contributed by atoms with Crippen molar-refractivity contribution in [2.24, 2.45) is 0 Å². The summed E-state index contributed by atoms with van der Waals surface area (Å²) < 4.78 is 2.96. The molecule has 3 aromatic rings. The molecular formula is C14H11NOS. The molecule has 0 radical (unpaired) electrons. The van der Waals surface area contributed by atoms with Gasteiger partial charge in [0.25, 0.3) is 0 Å². The molecule has 0 saturated heterocycles. The Labute approximate surface area is 102 Å². The lowest BCUT2D eigenvalue weighted by atomic mass is 10.2. The lowest BCUT2D eigenvalue weighted by Gasteiger charge is -2.10. The van der Waals surface area contributed by atoms with Crippen molar-refractivity contribution in [2.45, 2.75) is 6.54 Å². The van der Waals surface area contributed by atoms with Crippen LogP contribution in [0.2, 0.25) is 0 Å². The van der Waals surface area contributed by atoms with Crippen LogP contribution in [0.5, 0.6) is 0 Å². The number of fused-ring (bicyclic) bond motifs is 2. The number of hydrogen-bond donors (Lipinski definition) is 0. The van der Waals surface area contributed by atoms with Gasteiger partial charge in [-0.3, -0.25) is 4.79 Å². The molecule has 84 valence electrons. The third-order valence-corrected chi connectivity index (χ3v) is 3.80. The summed E-state index contributed by atoms with van der Waals surface area (Å²) >= 11 is 1.50. The van der Waals surface area contributed by atoms with Crippen LogP contribution in [-0.2, 0) is 6.54 Å². The van der Waals surface area contributed by atoms with Gasteiger partial charge >= 0.3 is 0 Å². The molecule has 17 heavy (non-hydrogen) atoms. The molecule has 0 spiro atoms. The van der Waals surface area contributed by atoms with Gasteiger partial charge in [0.1, 0.15) is 0 Å². The number of nitrogens with zero attached hydrogens (tertiary/aromatic N) is 1. The van der Waals surface area contributed by atoms with Crippen molar-refractivity contribution in [2.75, 3.05) is 0 Å². The van der Waals surface area contributed by atoms with E-state index >= 15 is 0 Å². The summed E-state index contributed by atoms with van der Waals surface area (Å²) in [5.74, 6) is 0. The molecule has 0 amide bonds. The van der Waals surface area contributed by atoms with Crippen LogP contribution in [0.1, 0.15) is 0 Å². The standard InChI is InChI=1S/C14H11NOS/c1-2-8-15-11-6-4-3-5-10(11)13(16)14-12(15)7-9-17-14/h2-7,9H,1,8H2. The van der Waals surface area contributed by atoms with Crippen molar-refractivity contribution in [3.8, 4) is 0 Å². The Morgan fingerprint density at radius 3 is 2.88 bits per heavy atom. The predicted molar refractivity (Wildman–Crippen MR) is 73.8 cm³/mol. The number of thiophene rings is 1. The van der Waals surface area contributed by atoms with Crippen LogP contribution in [0.15, 0.2) is 53.2 Å². The zero-order valence-electron chi connectivity index (χ0n) is 9.22. The molecule has 3 rings (SSSR count). The first-order valence-corrected chi connectivity index (χ1v) is 6.30. The Kier molecular flexibility index (Phi) is 2.34. The maximum absolute atomic E-state index is 12.3. The van der Waals surface area contributed by atoms with Crippen molar-refractivity contribution in [3.63, 3.8) is 0 Å². The Balaban J connectivity index is 2.62. The van der Waals surface area contributed by atoms with Gasteiger partial charge < -0.3 is 4.57 Å². The monoisotopic (exact) mass is 241 g/mol. The average Bonchev–Trinajstić information content (AvgIpc) is 2.84. The summed E-state index contributed by atoms with van der Waals surface area (Å²) in [7, 11) is 0. The maximum Gasteiger partial charge on any atom is 0.207 e. The van der Waals surface area contributed by atoms with Crippen LogP contribution in [0.25, 0.3) is 21.1 Å². The molecule has 0 bridgehead atoms. The van der Waals surface area contributed by atoms with Gasteiger partial charge in [0.2, 0.25) is 5.43 Å². The van der Waals surface area contributed by atoms with E-state index in [0.717, 1.165) is 21.1 Å². The molecule has 2 aromatic heterocycles. The minimum Gasteiger partial charge on any atom is -0.336 e. The van der Waals surface area contributed by atoms with Crippen molar-refractivity contribution >= 4 is 32.5 Å². The van der Waals surface area contributed by atoms with E-state index in [1.165, 1.54) is 11.3 Å². The highest BCUT2D eigenvalue weighted by atomic mass is 32.1. The SMILES string of the molecule is C=CCn1c2ccccc2c(=O)c2sccc21. The van der Waals surface area contributed by atoms with Gasteiger partial charge in [0.05, 0.1) is 15.7 Å². The zero-order chi connectivity index (χ0) is 11.8. The summed E-state index contributed by atoms with van der Waals surface area (Å²) in [6.45, 7) is 4.50. The van der Waals surface area contributed by atoms with Crippen molar-refractivity contribution in [3.05, 3.63) is 58.6 Å². The first-order valence-electron chi connectivity index (χ1n) is 5.42. The Bertz CT molecular complexity index is 767. The molecule has 3 heteroatoms. The smallest absolute Gasteiger partial charge is 0.207 e. The summed E-state index contributed by atoms with van der Waals surface area (Å²) in [5, 5.41) is 2.74. The molecule has 0 N–H and O–H groups in total. The van der Waals surface area contributed by atoms with E-state index in [1.807, 2.05) is 41.8 Å². The highest BCUT2D eigenvalue weighted by molar-refractivity contribution is 7.17. The maximum atomic E-state index is 12.3. The first kappa shape index (κ1) is 10.3. The number of allylic oxidation sites excluding steroid dienone is 1. The lowest BCUT2D eigenvalue weighted by molar-refractivity contribution is 0.895. The fourth-order valence-corrected chi connectivity index (χ4v) is 3.01. The van der Waals surface area contributed by atoms with Gasteiger partial charge in [0.15, 0.2) is 0 Å². The Morgan fingerprint density at radius 1 is 1.24 bits per heavy atom. The fraction of sp³-hybridized carbons (Fsp3) is 0.0714. The third-order valence-electron chi connectivity index (χ3n) is 2.89.